The number of carbonyl (C=O) groups excluding carboxylic acids is 1. The lowest BCUT2D eigenvalue weighted by molar-refractivity contribution is -0.120. The van der Waals surface area contributed by atoms with Crippen LogP contribution in [0.4, 0.5) is 5.69 Å². The van der Waals surface area contributed by atoms with Gasteiger partial charge in [-0.25, -0.2) is 4.98 Å². The molecule has 1 aliphatic carbocycles. The first-order valence-corrected chi connectivity index (χ1v) is 7.40. The van der Waals surface area contributed by atoms with Gasteiger partial charge in [0.15, 0.2) is 0 Å². The number of amides is 1. The summed E-state index contributed by atoms with van der Waals surface area (Å²) < 4.78 is 1.01. The minimum absolute atomic E-state index is 0.146. The second-order valence-corrected chi connectivity index (χ2v) is 7.09. The number of nitrogens with one attached hydrogen (secondary N) is 1. The minimum Gasteiger partial charge on any atom is -0.333 e. The minimum atomic E-state index is -0.953. The summed E-state index contributed by atoms with van der Waals surface area (Å²) in [7, 11) is 0. The molecule has 1 N–H and O–H groups in total. The summed E-state index contributed by atoms with van der Waals surface area (Å²) in [5, 5.41) is 2.89. The smallest absolute Gasteiger partial charge is 0.233 e. The van der Waals surface area contributed by atoms with Crippen LogP contribution in [0.5, 0.6) is 0 Å². The highest BCUT2D eigenvalue weighted by molar-refractivity contribution is 6.53. The highest BCUT2D eigenvalue weighted by Crippen LogP contribution is 2.64. The Morgan fingerprint density at radius 2 is 2.24 bits per heavy atom. The zero-order valence-corrected chi connectivity index (χ0v) is 13.0. The second-order valence-electron chi connectivity index (χ2n) is 5.60. The van der Waals surface area contributed by atoms with Gasteiger partial charge in [0.25, 0.3) is 0 Å². The molecule has 1 aromatic carbocycles. The molecule has 1 aliphatic rings. The van der Waals surface area contributed by atoms with Crippen molar-refractivity contribution in [1.29, 1.82) is 0 Å². The molecule has 0 unspecified atom stereocenters. The van der Waals surface area contributed by atoms with Crippen molar-refractivity contribution in [3.63, 3.8) is 0 Å². The van der Waals surface area contributed by atoms with Gasteiger partial charge in [-0.3, -0.25) is 4.79 Å². The van der Waals surface area contributed by atoms with Gasteiger partial charge in [0.05, 0.1) is 11.7 Å². The molecule has 0 spiro atoms. The van der Waals surface area contributed by atoms with Gasteiger partial charge in [0, 0.05) is 24.6 Å². The number of anilines is 1. The van der Waals surface area contributed by atoms with Crippen LogP contribution in [0.25, 0.3) is 0 Å². The number of hydrogen-bond acceptors (Lipinski definition) is 2. The fourth-order valence-corrected chi connectivity index (χ4v) is 2.96. The average Bonchev–Trinajstić information content (AvgIpc) is 2.79. The molecule has 1 aromatic heterocycles. The number of aromatic nitrogens is 2. The molecule has 1 saturated carbocycles. The van der Waals surface area contributed by atoms with E-state index in [1.807, 2.05) is 35.0 Å². The zero-order chi connectivity index (χ0) is 15.1. The van der Waals surface area contributed by atoms with Crippen LogP contribution in [0.15, 0.2) is 43.0 Å². The number of rotatable bonds is 4. The van der Waals surface area contributed by atoms with Gasteiger partial charge in [0.1, 0.15) is 4.33 Å². The normalized spacial score (nSPS) is 22.8. The van der Waals surface area contributed by atoms with Crippen molar-refractivity contribution >= 4 is 34.8 Å². The van der Waals surface area contributed by atoms with Crippen LogP contribution in [-0.4, -0.2) is 19.8 Å². The van der Waals surface area contributed by atoms with Crippen molar-refractivity contribution in [2.75, 3.05) is 5.32 Å². The number of nitrogens with zero attached hydrogens (tertiary/aromatic N) is 2. The molecule has 0 aliphatic heterocycles. The maximum Gasteiger partial charge on any atom is 0.233 e. The average molecular weight is 324 g/mol. The third-order valence-corrected chi connectivity index (χ3v) is 4.97. The molecule has 0 radical (unpaired) electrons. The monoisotopic (exact) mass is 323 g/mol. The third kappa shape index (κ3) is 2.78. The quantitative estimate of drug-likeness (QED) is 0.876. The summed E-state index contributed by atoms with van der Waals surface area (Å²) in [6.07, 6.45) is 5.86. The van der Waals surface area contributed by atoms with Crippen LogP contribution >= 0.6 is 23.2 Å². The highest BCUT2D eigenvalue weighted by Gasteiger charge is 2.67. The van der Waals surface area contributed by atoms with E-state index in [-0.39, 0.29) is 5.91 Å². The van der Waals surface area contributed by atoms with E-state index >= 15 is 0 Å². The standard InChI is InChI=1S/C15H15Cl2N3O/c1-14(9-15(14,16)17)13(21)19-12-4-2-3-11(7-12)8-20-6-5-18-10-20/h2-7,10H,8-9H2,1H3,(H,19,21)/t14-/m0/s1. The van der Waals surface area contributed by atoms with E-state index in [1.165, 1.54) is 0 Å². The number of hydrogen-bond donors (Lipinski definition) is 1. The summed E-state index contributed by atoms with van der Waals surface area (Å²) >= 11 is 12.1. The van der Waals surface area contributed by atoms with Gasteiger partial charge in [-0.1, -0.05) is 12.1 Å². The van der Waals surface area contributed by atoms with Crippen LogP contribution in [0.3, 0.4) is 0 Å². The predicted molar refractivity (Wildman–Crippen MR) is 83.6 cm³/mol. The molecule has 110 valence electrons. The zero-order valence-electron chi connectivity index (χ0n) is 11.5. The van der Waals surface area contributed by atoms with Gasteiger partial charge < -0.3 is 9.88 Å². The molecule has 6 heteroatoms. The second kappa shape index (κ2) is 5.04. The Hall–Kier alpha value is -1.52. The maximum absolute atomic E-state index is 12.2. The van der Waals surface area contributed by atoms with Crippen molar-refractivity contribution in [1.82, 2.24) is 9.55 Å². The van der Waals surface area contributed by atoms with E-state index in [4.69, 9.17) is 23.2 Å². The molecule has 1 heterocycles. The summed E-state index contributed by atoms with van der Waals surface area (Å²) in [6, 6.07) is 7.70. The topological polar surface area (TPSA) is 46.9 Å². The molecular weight excluding hydrogens is 309 g/mol. The van der Waals surface area contributed by atoms with Gasteiger partial charge in [-0.15, -0.1) is 23.2 Å². The molecule has 3 rings (SSSR count). The van der Waals surface area contributed by atoms with E-state index in [0.717, 1.165) is 11.3 Å². The molecule has 2 aromatic rings. The first-order chi connectivity index (χ1) is 9.91. The maximum atomic E-state index is 12.2. The molecule has 1 amide bonds. The number of alkyl halides is 2. The van der Waals surface area contributed by atoms with E-state index in [2.05, 4.69) is 10.3 Å². The number of carbonyl (C=O) groups is 1. The lowest BCUT2D eigenvalue weighted by Crippen LogP contribution is -2.25. The van der Waals surface area contributed by atoms with Gasteiger partial charge in [0.2, 0.25) is 5.91 Å². The van der Waals surface area contributed by atoms with Gasteiger partial charge in [-0.05, 0) is 31.0 Å². The Kier molecular flexibility index (Phi) is 3.46. The fraction of sp³-hybridized carbons (Fsp3) is 0.333. The molecule has 4 nitrogen and oxygen atoms in total. The summed E-state index contributed by atoms with van der Waals surface area (Å²) in [4.78, 5) is 16.3. The molecule has 21 heavy (non-hydrogen) atoms. The van der Waals surface area contributed by atoms with Crippen molar-refractivity contribution < 1.29 is 4.79 Å². The SMILES string of the molecule is C[C@@]1(C(=O)Nc2cccc(Cn3ccnc3)c2)CC1(Cl)Cl. The number of halogens is 2. The fourth-order valence-electron chi connectivity index (χ4n) is 2.25. The highest BCUT2D eigenvalue weighted by atomic mass is 35.5. The number of imidazole rings is 1. The van der Waals surface area contributed by atoms with Gasteiger partial charge >= 0.3 is 0 Å². The Morgan fingerprint density at radius 3 is 2.86 bits per heavy atom. The first kappa shape index (κ1) is 14.4. The van der Waals surface area contributed by atoms with Crippen LogP contribution in [0, 0.1) is 5.41 Å². The Labute approximate surface area is 133 Å². The summed E-state index contributed by atoms with van der Waals surface area (Å²) in [5.41, 5.74) is 1.11. The molecule has 1 fully saturated rings. The van der Waals surface area contributed by atoms with Crippen molar-refractivity contribution in [3.8, 4) is 0 Å². The molecule has 1 atom stereocenters. The van der Waals surface area contributed by atoms with Crippen molar-refractivity contribution in [2.45, 2.75) is 24.2 Å². The summed E-state index contributed by atoms with van der Waals surface area (Å²) in [5.74, 6) is -0.146. The molecule has 0 bridgehead atoms. The lowest BCUT2D eigenvalue weighted by Gasteiger charge is -2.13. The van der Waals surface area contributed by atoms with Crippen molar-refractivity contribution in [3.05, 3.63) is 48.5 Å². The number of benzene rings is 1. The van der Waals surface area contributed by atoms with Crippen LogP contribution in [0.2, 0.25) is 0 Å². The third-order valence-electron chi connectivity index (χ3n) is 3.87. The Bertz CT molecular complexity index is 669. The van der Waals surface area contributed by atoms with E-state index in [1.54, 1.807) is 19.4 Å². The van der Waals surface area contributed by atoms with Crippen molar-refractivity contribution in [2.24, 2.45) is 5.41 Å². The predicted octanol–water partition coefficient (Wildman–Crippen LogP) is 3.45. The van der Waals surface area contributed by atoms with E-state index in [0.29, 0.717) is 13.0 Å². The molecule has 0 saturated heterocycles. The Morgan fingerprint density at radius 1 is 1.48 bits per heavy atom. The van der Waals surface area contributed by atoms with E-state index in [9.17, 15) is 4.79 Å². The Balaban J connectivity index is 1.71. The lowest BCUT2D eigenvalue weighted by atomic mass is 10.1. The van der Waals surface area contributed by atoms with Crippen LogP contribution in [-0.2, 0) is 11.3 Å². The van der Waals surface area contributed by atoms with Crippen LogP contribution in [0.1, 0.15) is 18.9 Å². The van der Waals surface area contributed by atoms with Crippen LogP contribution < -0.4 is 5.32 Å². The molecular formula is C15H15Cl2N3O. The van der Waals surface area contributed by atoms with Gasteiger partial charge in [-0.2, -0.15) is 0 Å². The largest absolute Gasteiger partial charge is 0.333 e. The first-order valence-electron chi connectivity index (χ1n) is 6.65. The summed E-state index contributed by atoms with van der Waals surface area (Å²) in [6.45, 7) is 2.48. The van der Waals surface area contributed by atoms with E-state index < -0.39 is 9.75 Å².